The number of para-hydroxylation sites is 1. The fraction of sp³-hybridized carbons (Fsp3) is 0.278. The van der Waals surface area contributed by atoms with Crippen LogP contribution in [-0.2, 0) is 14.8 Å². The van der Waals surface area contributed by atoms with E-state index in [1.165, 1.54) is 22.5 Å². The summed E-state index contributed by atoms with van der Waals surface area (Å²) in [5.41, 5.74) is 3.27. The predicted octanol–water partition coefficient (Wildman–Crippen LogP) is 1.75. The van der Waals surface area contributed by atoms with Crippen molar-refractivity contribution in [3.05, 3.63) is 59.5 Å². The number of carbonyl (C=O) groups excluding carboxylic acids is 1. The topological polar surface area (TPSA) is 90.0 Å². The van der Waals surface area contributed by atoms with Gasteiger partial charge in [-0.3, -0.25) is 10.0 Å². The first kappa shape index (κ1) is 19.9. The molecule has 140 valence electrons. The Bertz CT molecular complexity index is 823. The van der Waals surface area contributed by atoms with Crippen LogP contribution in [0.25, 0.3) is 6.08 Å². The van der Waals surface area contributed by atoms with Gasteiger partial charge in [-0.25, -0.2) is 13.9 Å². The number of hydrogen-bond donors (Lipinski definition) is 2. The van der Waals surface area contributed by atoms with Crippen LogP contribution >= 0.6 is 0 Å². The zero-order valence-corrected chi connectivity index (χ0v) is 15.4. The molecule has 1 aromatic carbocycles. The number of benzene rings is 1. The predicted molar refractivity (Wildman–Crippen MR) is 102 cm³/mol. The van der Waals surface area contributed by atoms with Gasteiger partial charge in [0.2, 0.25) is 10.0 Å². The molecule has 0 saturated carbocycles. The van der Waals surface area contributed by atoms with Crippen LogP contribution < -0.4 is 10.4 Å². The first-order valence-corrected chi connectivity index (χ1v) is 9.59. The van der Waals surface area contributed by atoms with E-state index in [2.05, 4.69) is 11.5 Å². The summed E-state index contributed by atoms with van der Waals surface area (Å²) in [5.74, 6) is -0.611. The smallest absolute Gasteiger partial charge is 0.267 e. The molecule has 0 atom stereocenters. The van der Waals surface area contributed by atoms with Gasteiger partial charge < -0.3 is 4.90 Å². The third-order valence-electron chi connectivity index (χ3n) is 4.14. The normalized spacial score (nSPS) is 16.7. The van der Waals surface area contributed by atoms with Crippen molar-refractivity contribution in [2.45, 2.75) is 6.92 Å². The number of nitrogens with zero attached hydrogens (tertiary/aromatic N) is 2. The summed E-state index contributed by atoms with van der Waals surface area (Å²) in [4.78, 5) is 13.6. The zero-order chi connectivity index (χ0) is 19.2. The van der Waals surface area contributed by atoms with E-state index < -0.39 is 15.9 Å². The number of hydroxylamine groups is 1. The van der Waals surface area contributed by atoms with Crippen molar-refractivity contribution in [2.75, 3.05) is 31.1 Å². The van der Waals surface area contributed by atoms with Crippen LogP contribution in [0.15, 0.2) is 54.0 Å². The molecule has 0 bridgehead atoms. The summed E-state index contributed by atoms with van der Waals surface area (Å²) >= 11 is 0. The van der Waals surface area contributed by atoms with Crippen LogP contribution in [0.3, 0.4) is 0 Å². The van der Waals surface area contributed by atoms with E-state index in [0.29, 0.717) is 26.2 Å². The van der Waals surface area contributed by atoms with Gasteiger partial charge in [0.25, 0.3) is 5.91 Å². The quantitative estimate of drug-likeness (QED) is 0.341. The molecule has 0 aromatic heterocycles. The highest BCUT2D eigenvalue weighted by molar-refractivity contribution is 7.93. The molecule has 0 aliphatic carbocycles. The number of nitrogens with one attached hydrogen (secondary N) is 1. The third-order valence-corrected chi connectivity index (χ3v) is 6.13. The lowest BCUT2D eigenvalue weighted by Gasteiger charge is -2.36. The van der Waals surface area contributed by atoms with E-state index in [9.17, 15) is 13.2 Å². The monoisotopic (exact) mass is 377 g/mol. The molecular weight excluding hydrogens is 354 g/mol. The van der Waals surface area contributed by atoms with Crippen molar-refractivity contribution in [3.8, 4) is 0 Å². The Labute approximate surface area is 153 Å². The van der Waals surface area contributed by atoms with E-state index >= 15 is 0 Å². The van der Waals surface area contributed by atoms with Gasteiger partial charge in [0.15, 0.2) is 0 Å². The lowest BCUT2D eigenvalue weighted by Crippen LogP contribution is -2.49. The van der Waals surface area contributed by atoms with Crippen LogP contribution in [0.2, 0.25) is 0 Å². The van der Waals surface area contributed by atoms with Crippen molar-refractivity contribution in [1.82, 2.24) is 9.79 Å². The SMILES string of the molecule is C=C/C=C(\C)S(=O)(=O)N1CCN(c2ccccc2/C=C/C(=O)NO)CC1. The van der Waals surface area contributed by atoms with E-state index in [-0.39, 0.29) is 4.91 Å². The largest absolute Gasteiger partial charge is 0.368 e. The summed E-state index contributed by atoms with van der Waals surface area (Å²) in [7, 11) is -3.46. The van der Waals surface area contributed by atoms with Crippen molar-refractivity contribution in [2.24, 2.45) is 0 Å². The Hall–Kier alpha value is -2.42. The van der Waals surface area contributed by atoms with E-state index in [1.54, 1.807) is 18.5 Å². The molecule has 8 heteroatoms. The molecule has 7 nitrogen and oxygen atoms in total. The highest BCUT2D eigenvalue weighted by Crippen LogP contribution is 2.24. The molecular formula is C18H23N3O4S. The molecule has 1 aliphatic rings. The molecule has 0 spiro atoms. The van der Waals surface area contributed by atoms with Gasteiger partial charge in [0.05, 0.1) is 4.91 Å². The standard InChI is InChI=1S/C18H23N3O4S/c1-3-6-15(2)26(24,25)21-13-11-20(12-14-21)17-8-5-4-7-16(17)9-10-18(22)19-23/h3-10,23H,1,11-14H2,2H3,(H,19,22)/b10-9+,15-6+. The Morgan fingerprint density at radius 1 is 1.23 bits per heavy atom. The summed E-state index contributed by atoms with van der Waals surface area (Å²) in [6.07, 6.45) is 5.81. The van der Waals surface area contributed by atoms with Crippen molar-refractivity contribution < 1.29 is 18.4 Å². The second-order valence-corrected chi connectivity index (χ2v) is 7.88. The second-order valence-electron chi connectivity index (χ2n) is 5.77. The molecule has 0 radical (unpaired) electrons. The second kappa shape index (κ2) is 8.79. The molecule has 2 N–H and O–H groups in total. The number of rotatable bonds is 6. The molecule has 0 unspecified atom stereocenters. The van der Waals surface area contributed by atoms with Gasteiger partial charge >= 0.3 is 0 Å². The van der Waals surface area contributed by atoms with Crippen molar-refractivity contribution in [3.63, 3.8) is 0 Å². The Kier molecular flexibility index (Phi) is 6.73. The van der Waals surface area contributed by atoms with Crippen LogP contribution in [0.5, 0.6) is 0 Å². The minimum Gasteiger partial charge on any atom is -0.368 e. The van der Waals surface area contributed by atoms with Crippen LogP contribution in [-0.4, -0.2) is 50.0 Å². The van der Waals surface area contributed by atoms with Crippen molar-refractivity contribution >= 4 is 27.7 Å². The number of allylic oxidation sites excluding steroid dienone is 3. The first-order valence-electron chi connectivity index (χ1n) is 8.15. The highest BCUT2D eigenvalue weighted by atomic mass is 32.2. The van der Waals surface area contributed by atoms with Gasteiger partial charge in [-0.2, -0.15) is 4.31 Å². The number of piperazine rings is 1. The minimum absolute atomic E-state index is 0.277. The summed E-state index contributed by atoms with van der Waals surface area (Å²) in [6.45, 7) is 6.93. The van der Waals surface area contributed by atoms with Gasteiger partial charge in [-0.15, -0.1) is 0 Å². The Morgan fingerprint density at radius 2 is 1.88 bits per heavy atom. The van der Waals surface area contributed by atoms with E-state index in [0.717, 1.165) is 11.3 Å². The summed E-state index contributed by atoms with van der Waals surface area (Å²) in [6, 6.07) is 7.52. The molecule has 1 fully saturated rings. The Balaban J connectivity index is 2.14. The number of hydrogen-bond acceptors (Lipinski definition) is 5. The minimum atomic E-state index is -3.46. The van der Waals surface area contributed by atoms with Crippen LogP contribution in [0.1, 0.15) is 12.5 Å². The maximum absolute atomic E-state index is 12.5. The fourth-order valence-electron chi connectivity index (χ4n) is 2.74. The molecule has 1 aliphatic heterocycles. The maximum Gasteiger partial charge on any atom is 0.267 e. The van der Waals surface area contributed by atoms with E-state index in [1.807, 2.05) is 24.3 Å². The zero-order valence-electron chi connectivity index (χ0n) is 14.6. The van der Waals surface area contributed by atoms with E-state index in [4.69, 9.17) is 5.21 Å². The molecule has 1 saturated heterocycles. The molecule has 2 rings (SSSR count). The van der Waals surface area contributed by atoms with Gasteiger partial charge in [-0.05, 0) is 30.7 Å². The fourth-order valence-corrected chi connectivity index (χ4v) is 4.06. The average Bonchev–Trinajstić information content (AvgIpc) is 2.66. The lowest BCUT2D eigenvalue weighted by molar-refractivity contribution is -0.124. The number of anilines is 1. The number of carbonyl (C=O) groups is 1. The molecule has 1 heterocycles. The first-order chi connectivity index (χ1) is 12.4. The third kappa shape index (κ3) is 4.60. The summed E-state index contributed by atoms with van der Waals surface area (Å²) in [5, 5.41) is 8.58. The van der Waals surface area contributed by atoms with Crippen LogP contribution in [0, 0.1) is 0 Å². The van der Waals surface area contributed by atoms with Crippen LogP contribution in [0.4, 0.5) is 5.69 Å². The Morgan fingerprint density at radius 3 is 2.50 bits per heavy atom. The number of sulfonamides is 1. The molecule has 1 amide bonds. The van der Waals surface area contributed by atoms with Gasteiger partial charge in [0, 0.05) is 37.9 Å². The number of amides is 1. The average molecular weight is 377 g/mol. The maximum atomic E-state index is 12.5. The highest BCUT2D eigenvalue weighted by Gasteiger charge is 2.28. The summed E-state index contributed by atoms with van der Waals surface area (Å²) < 4.78 is 26.5. The van der Waals surface area contributed by atoms with Crippen molar-refractivity contribution in [1.29, 1.82) is 0 Å². The lowest BCUT2D eigenvalue weighted by atomic mass is 10.1. The molecule has 26 heavy (non-hydrogen) atoms. The van der Waals surface area contributed by atoms with Gasteiger partial charge in [0.1, 0.15) is 0 Å². The van der Waals surface area contributed by atoms with Gasteiger partial charge in [-0.1, -0.05) is 30.9 Å². The molecule has 1 aromatic rings.